The van der Waals surface area contributed by atoms with Gasteiger partial charge in [0, 0.05) is 37.3 Å². The van der Waals surface area contributed by atoms with Gasteiger partial charge in [-0.25, -0.2) is 0 Å². The molecule has 3 nitrogen and oxygen atoms in total. The van der Waals surface area contributed by atoms with E-state index in [-0.39, 0.29) is 0 Å². The fraction of sp³-hybridized carbons (Fsp3) is 1.00. The molecular formula is C16H33N3. The zero-order valence-electron chi connectivity index (χ0n) is 13.4. The van der Waals surface area contributed by atoms with Gasteiger partial charge in [-0.2, -0.15) is 0 Å². The highest BCUT2D eigenvalue weighted by Crippen LogP contribution is 2.26. The number of piperidine rings is 1. The molecule has 0 bridgehead atoms. The molecule has 0 aromatic carbocycles. The third kappa shape index (κ3) is 3.50. The molecule has 3 unspecified atom stereocenters. The molecule has 0 radical (unpaired) electrons. The van der Waals surface area contributed by atoms with Gasteiger partial charge in [-0.3, -0.25) is 4.90 Å². The van der Waals surface area contributed by atoms with Crippen LogP contribution in [-0.4, -0.2) is 60.1 Å². The topological polar surface area (TPSA) is 18.5 Å². The van der Waals surface area contributed by atoms with Gasteiger partial charge in [-0.1, -0.05) is 20.8 Å². The summed E-state index contributed by atoms with van der Waals surface area (Å²) in [6.07, 6.45) is 5.27. The molecule has 3 heteroatoms. The maximum Gasteiger partial charge on any atom is 0.0278 e. The van der Waals surface area contributed by atoms with E-state index in [0.29, 0.717) is 5.54 Å². The van der Waals surface area contributed by atoms with E-state index in [4.69, 9.17) is 0 Å². The number of likely N-dealkylation sites (tertiary alicyclic amines) is 1. The van der Waals surface area contributed by atoms with Crippen molar-refractivity contribution < 1.29 is 0 Å². The first kappa shape index (κ1) is 15.3. The molecule has 0 spiro atoms. The molecule has 2 saturated heterocycles. The second kappa shape index (κ2) is 6.55. The molecule has 19 heavy (non-hydrogen) atoms. The summed E-state index contributed by atoms with van der Waals surface area (Å²) in [5.74, 6) is 0. The minimum Gasteiger partial charge on any atom is -0.309 e. The Labute approximate surface area is 119 Å². The van der Waals surface area contributed by atoms with Crippen LogP contribution in [0.25, 0.3) is 0 Å². The number of nitrogens with one attached hydrogen (secondary N) is 1. The number of nitrogens with zero attached hydrogens (tertiary/aromatic N) is 2. The summed E-state index contributed by atoms with van der Waals surface area (Å²) >= 11 is 0. The van der Waals surface area contributed by atoms with Gasteiger partial charge >= 0.3 is 0 Å². The van der Waals surface area contributed by atoms with E-state index < -0.39 is 0 Å². The Morgan fingerprint density at radius 2 is 2.05 bits per heavy atom. The molecular weight excluding hydrogens is 234 g/mol. The first-order chi connectivity index (χ1) is 9.11. The van der Waals surface area contributed by atoms with Crippen LogP contribution in [0, 0.1) is 0 Å². The van der Waals surface area contributed by atoms with Gasteiger partial charge in [-0.05, 0) is 45.7 Å². The molecule has 2 heterocycles. The van der Waals surface area contributed by atoms with Crippen molar-refractivity contribution in [3.63, 3.8) is 0 Å². The van der Waals surface area contributed by atoms with Gasteiger partial charge in [0.25, 0.3) is 0 Å². The molecule has 112 valence electrons. The smallest absolute Gasteiger partial charge is 0.0278 e. The van der Waals surface area contributed by atoms with E-state index in [9.17, 15) is 0 Å². The van der Waals surface area contributed by atoms with Gasteiger partial charge in [0.1, 0.15) is 0 Å². The fourth-order valence-electron chi connectivity index (χ4n) is 3.70. The van der Waals surface area contributed by atoms with Gasteiger partial charge in [0.2, 0.25) is 0 Å². The Kier molecular flexibility index (Phi) is 5.27. The second-order valence-electron chi connectivity index (χ2n) is 6.72. The van der Waals surface area contributed by atoms with Gasteiger partial charge in [-0.15, -0.1) is 0 Å². The first-order valence-corrected chi connectivity index (χ1v) is 8.35. The largest absolute Gasteiger partial charge is 0.309 e. The predicted molar refractivity (Wildman–Crippen MR) is 82.6 cm³/mol. The zero-order valence-corrected chi connectivity index (χ0v) is 13.4. The highest BCUT2D eigenvalue weighted by Gasteiger charge is 2.38. The highest BCUT2D eigenvalue weighted by molar-refractivity contribution is 4.97. The molecule has 2 aliphatic rings. The molecule has 0 aromatic heterocycles. The van der Waals surface area contributed by atoms with E-state index >= 15 is 0 Å². The van der Waals surface area contributed by atoms with E-state index in [0.717, 1.165) is 12.1 Å². The summed E-state index contributed by atoms with van der Waals surface area (Å²) in [7, 11) is 0. The van der Waals surface area contributed by atoms with Crippen molar-refractivity contribution in [2.45, 2.75) is 71.0 Å². The fourth-order valence-corrected chi connectivity index (χ4v) is 3.70. The molecule has 3 atom stereocenters. The van der Waals surface area contributed by atoms with E-state index in [1.54, 1.807) is 0 Å². The average molecular weight is 267 g/mol. The Morgan fingerprint density at radius 3 is 2.68 bits per heavy atom. The lowest BCUT2D eigenvalue weighted by Gasteiger charge is -2.51. The standard InChI is InChI=1S/C16H33N3/c1-5-14-11-17-16(4,6-2)13-19(14)15-9-8-10-18(7-3)12-15/h14-15,17H,5-13H2,1-4H3. The summed E-state index contributed by atoms with van der Waals surface area (Å²) < 4.78 is 0. The average Bonchev–Trinajstić information content (AvgIpc) is 2.47. The van der Waals surface area contributed by atoms with Crippen LogP contribution < -0.4 is 5.32 Å². The van der Waals surface area contributed by atoms with Gasteiger partial charge < -0.3 is 10.2 Å². The van der Waals surface area contributed by atoms with Crippen molar-refractivity contribution in [3.8, 4) is 0 Å². The number of rotatable bonds is 4. The van der Waals surface area contributed by atoms with Crippen molar-refractivity contribution in [1.82, 2.24) is 15.1 Å². The van der Waals surface area contributed by atoms with Crippen molar-refractivity contribution in [2.75, 3.05) is 32.7 Å². The molecule has 1 N–H and O–H groups in total. The van der Waals surface area contributed by atoms with Crippen LogP contribution in [0.1, 0.15) is 53.4 Å². The molecule has 2 fully saturated rings. The lowest BCUT2D eigenvalue weighted by Crippen LogP contribution is -2.66. The van der Waals surface area contributed by atoms with Crippen LogP contribution in [0.4, 0.5) is 0 Å². The summed E-state index contributed by atoms with van der Waals surface area (Å²) in [5.41, 5.74) is 0.320. The highest BCUT2D eigenvalue weighted by atomic mass is 15.3. The van der Waals surface area contributed by atoms with Crippen molar-refractivity contribution in [2.24, 2.45) is 0 Å². The Bertz CT molecular complexity index is 281. The zero-order chi connectivity index (χ0) is 13.9. The molecule has 2 aliphatic heterocycles. The van der Waals surface area contributed by atoms with E-state index in [2.05, 4.69) is 42.8 Å². The minimum atomic E-state index is 0.320. The maximum atomic E-state index is 3.79. The Morgan fingerprint density at radius 1 is 1.26 bits per heavy atom. The Hall–Kier alpha value is -0.120. The maximum absolute atomic E-state index is 3.79. The van der Waals surface area contributed by atoms with Crippen LogP contribution in [-0.2, 0) is 0 Å². The molecule has 0 aromatic rings. The summed E-state index contributed by atoms with van der Waals surface area (Å²) in [6.45, 7) is 15.6. The monoisotopic (exact) mass is 267 g/mol. The third-order valence-electron chi connectivity index (χ3n) is 5.41. The van der Waals surface area contributed by atoms with Crippen LogP contribution in [0.2, 0.25) is 0 Å². The summed E-state index contributed by atoms with van der Waals surface area (Å²) in [4.78, 5) is 5.47. The predicted octanol–water partition coefficient (Wildman–Crippen LogP) is 2.32. The molecule has 0 amide bonds. The lowest BCUT2D eigenvalue weighted by molar-refractivity contribution is 0.0116. The Balaban J connectivity index is 2.05. The van der Waals surface area contributed by atoms with Crippen molar-refractivity contribution in [1.29, 1.82) is 0 Å². The van der Waals surface area contributed by atoms with Crippen molar-refractivity contribution in [3.05, 3.63) is 0 Å². The van der Waals surface area contributed by atoms with E-state index in [1.807, 2.05) is 0 Å². The number of likely N-dealkylation sites (N-methyl/N-ethyl adjacent to an activating group) is 1. The number of piperazine rings is 1. The minimum absolute atomic E-state index is 0.320. The summed E-state index contributed by atoms with van der Waals surface area (Å²) in [5, 5.41) is 3.79. The number of hydrogen-bond acceptors (Lipinski definition) is 3. The van der Waals surface area contributed by atoms with Gasteiger partial charge in [0.15, 0.2) is 0 Å². The van der Waals surface area contributed by atoms with Crippen molar-refractivity contribution >= 4 is 0 Å². The van der Waals surface area contributed by atoms with Crippen LogP contribution in [0.15, 0.2) is 0 Å². The molecule has 2 rings (SSSR count). The van der Waals surface area contributed by atoms with Crippen LogP contribution in [0.3, 0.4) is 0 Å². The third-order valence-corrected chi connectivity index (χ3v) is 5.41. The van der Waals surface area contributed by atoms with Crippen LogP contribution in [0.5, 0.6) is 0 Å². The molecule has 0 aliphatic carbocycles. The first-order valence-electron chi connectivity index (χ1n) is 8.35. The van der Waals surface area contributed by atoms with Crippen LogP contribution >= 0.6 is 0 Å². The quantitative estimate of drug-likeness (QED) is 0.843. The summed E-state index contributed by atoms with van der Waals surface area (Å²) in [6, 6.07) is 1.52. The molecule has 0 saturated carbocycles. The SMILES string of the molecule is CCC1CNC(C)(CC)CN1C1CCCN(CC)C1. The van der Waals surface area contributed by atoms with E-state index in [1.165, 1.54) is 58.4 Å². The lowest BCUT2D eigenvalue weighted by atomic mass is 9.90. The van der Waals surface area contributed by atoms with Gasteiger partial charge in [0.05, 0.1) is 0 Å². The normalized spacial score (nSPS) is 38.5. The number of hydrogen-bond donors (Lipinski definition) is 1. The second-order valence-corrected chi connectivity index (χ2v) is 6.72.